The van der Waals surface area contributed by atoms with Gasteiger partial charge in [-0.25, -0.2) is 13.6 Å². The van der Waals surface area contributed by atoms with E-state index in [2.05, 4.69) is 98.3 Å². The van der Waals surface area contributed by atoms with E-state index in [4.69, 9.17) is 6.42 Å². The molecule has 180 valence electrons. The van der Waals surface area contributed by atoms with Crippen LogP contribution in [-0.2, 0) is 4.74 Å². The van der Waals surface area contributed by atoms with Gasteiger partial charge in [-0.3, -0.25) is 0 Å². The summed E-state index contributed by atoms with van der Waals surface area (Å²) in [5.74, 6) is 25.5. The van der Waals surface area contributed by atoms with Gasteiger partial charge in [-0.15, -0.1) is 6.42 Å². The number of halogens is 4. The largest absolute Gasteiger partial charge is 0.465 e. The first-order valence-electron chi connectivity index (χ1n) is 8.02. The Morgan fingerprint density at radius 2 is 1.03 bits per heavy atom. The highest BCUT2D eigenvalue weighted by Gasteiger charge is 2.31. The topological polar surface area (TPSA) is 35.5 Å². The molecule has 0 fully saturated rings. The lowest BCUT2D eigenvalue weighted by Crippen LogP contribution is -2.13. The zero-order valence-corrected chi connectivity index (χ0v) is 16.3. The van der Waals surface area contributed by atoms with Gasteiger partial charge in [0.25, 0.3) is 0 Å². The van der Waals surface area contributed by atoms with Crippen LogP contribution in [0.5, 0.6) is 5.75 Å². The lowest BCUT2D eigenvalue weighted by Gasteiger charge is -2.08. The standard InChI is InChI=1S/C26H4F4O3.13H2/c1-3-4-5-6-7-8-9-10-11-12-13-14-15-16-17-18-19-33-25-23(29)21(27)20(26(31)32-2)22(28)24(25)30;;;;;;;;;;;;;/h1H,2H3;13*1H. The van der Waals surface area contributed by atoms with E-state index in [1.54, 1.807) is 6.11 Å². The van der Waals surface area contributed by atoms with Crippen molar-refractivity contribution in [2.45, 2.75) is 0 Å². The van der Waals surface area contributed by atoms with E-state index in [0.717, 1.165) is 7.11 Å². The minimum Gasteiger partial charge on any atom is -0.465 e. The highest BCUT2D eigenvalue weighted by atomic mass is 19.2. The summed E-state index contributed by atoms with van der Waals surface area (Å²) in [5.41, 5.74) is -1.54. The molecule has 0 atom stereocenters. The molecule has 33 heavy (non-hydrogen) atoms. The lowest BCUT2D eigenvalue weighted by atomic mass is 10.1. The maximum atomic E-state index is 13.8. The van der Waals surface area contributed by atoms with Crippen LogP contribution in [0.2, 0.25) is 0 Å². The Labute approximate surface area is 206 Å². The van der Waals surface area contributed by atoms with Crippen molar-refractivity contribution in [3.8, 4) is 113 Å². The van der Waals surface area contributed by atoms with E-state index in [0.29, 0.717) is 0 Å². The van der Waals surface area contributed by atoms with Crippen molar-refractivity contribution in [3.63, 3.8) is 0 Å². The average molecular weight is 467 g/mol. The van der Waals surface area contributed by atoms with Crippen LogP contribution in [0.3, 0.4) is 0 Å². The monoisotopic (exact) mass is 466 g/mol. The summed E-state index contributed by atoms with van der Waals surface area (Å²) in [6.45, 7) is 0. The van der Waals surface area contributed by atoms with Crippen LogP contribution in [-0.4, -0.2) is 13.1 Å². The zero-order valence-electron chi connectivity index (χ0n) is 16.3. The molecule has 0 unspecified atom stereocenters. The number of hydrogen-bond acceptors (Lipinski definition) is 3. The molecule has 1 aromatic rings. The van der Waals surface area contributed by atoms with E-state index in [1.807, 2.05) is 5.92 Å². The first-order valence-corrected chi connectivity index (χ1v) is 8.02. The minimum absolute atomic E-state index is 0. The Kier molecular flexibility index (Phi) is 10.9. The van der Waals surface area contributed by atoms with Gasteiger partial charge < -0.3 is 9.47 Å². The predicted octanol–water partition coefficient (Wildman–Crippen LogP) is 5.22. The van der Waals surface area contributed by atoms with Crippen LogP contribution in [0, 0.1) is 131 Å². The number of carbonyl (C=O) groups is 1. The Morgan fingerprint density at radius 3 is 1.39 bits per heavy atom. The number of hydrogen-bond donors (Lipinski definition) is 0. The van der Waals surface area contributed by atoms with Crippen LogP contribution in [0.25, 0.3) is 0 Å². The number of rotatable bonds is 2. The summed E-state index contributed by atoms with van der Waals surface area (Å²) in [6.07, 6.45) is 6.61. The number of terminal acetylenes is 1. The van der Waals surface area contributed by atoms with Crippen LogP contribution < -0.4 is 4.74 Å². The summed E-state index contributed by atoms with van der Waals surface area (Å²) in [4.78, 5) is 11.2. The number of benzene rings is 1. The summed E-state index contributed by atoms with van der Waals surface area (Å²) >= 11 is 0. The molecule has 0 heterocycles. The van der Waals surface area contributed by atoms with Crippen molar-refractivity contribution < 1.29 is 50.4 Å². The number of carbonyl (C=O) groups excluding carboxylic acids is 1. The molecule has 0 saturated heterocycles. The number of methoxy groups -OCH3 is 1. The normalized spacial score (nSPS) is 6.91. The molecule has 1 rings (SSSR count). The smallest absolute Gasteiger partial charge is 0.344 e. The van der Waals surface area contributed by atoms with Crippen molar-refractivity contribution in [3.05, 3.63) is 28.8 Å². The quantitative estimate of drug-likeness (QED) is 0.259. The fraction of sp³-hybridized carbons (Fsp3) is 0.0385. The summed E-state index contributed by atoms with van der Waals surface area (Å²) < 4.78 is 63.5. The summed E-state index contributed by atoms with van der Waals surface area (Å²) in [6, 6.07) is 0. The molecule has 0 amide bonds. The number of esters is 1. The van der Waals surface area contributed by atoms with Crippen molar-refractivity contribution >= 4 is 5.97 Å². The SMILES string of the molecule is C#CC#CC#CC#CC#CC#CC#CC#CC#COc1c(F)c(F)c(C(=O)OC)c(F)c1F.[HH].[HH].[HH].[HH].[HH].[HH].[HH].[HH].[HH].[HH].[HH].[HH].[HH]. The molecule has 0 bridgehead atoms. The average Bonchev–Trinajstić information content (AvgIpc) is 2.81. The highest BCUT2D eigenvalue weighted by Crippen LogP contribution is 2.30. The molecule has 3 nitrogen and oxygen atoms in total. The molecule has 0 radical (unpaired) electrons. The maximum absolute atomic E-state index is 13.8. The van der Waals surface area contributed by atoms with Gasteiger partial charge in [-0.05, 0) is 47.4 Å². The lowest BCUT2D eigenvalue weighted by molar-refractivity contribution is 0.0586. The van der Waals surface area contributed by atoms with E-state index in [-0.39, 0.29) is 18.5 Å². The van der Waals surface area contributed by atoms with Crippen molar-refractivity contribution in [2.24, 2.45) is 0 Å². The first kappa shape index (κ1) is 25.3. The second-order valence-corrected chi connectivity index (χ2v) is 4.68. The second kappa shape index (κ2) is 14.3. The van der Waals surface area contributed by atoms with Gasteiger partial charge in [-0.1, -0.05) is 0 Å². The van der Waals surface area contributed by atoms with E-state index in [9.17, 15) is 22.4 Å². The number of ether oxygens (including phenoxy) is 2. The van der Waals surface area contributed by atoms with Crippen LogP contribution in [0.15, 0.2) is 0 Å². The minimum atomic E-state index is -2.00. The van der Waals surface area contributed by atoms with E-state index in [1.165, 1.54) is 0 Å². The van der Waals surface area contributed by atoms with Crippen molar-refractivity contribution in [1.82, 2.24) is 0 Å². The Balaban J connectivity index is -0.0000000762. The van der Waals surface area contributed by atoms with Gasteiger partial charge in [0.15, 0.2) is 11.6 Å². The van der Waals surface area contributed by atoms with Crippen molar-refractivity contribution in [2.75, 3.05) is 7.11 Å². The molecular formula is C26H30F4O3. The molecule has 0 spiro atoms. The molecule has 1 aromatic carbocycles. The summed E-state index contributed by atoms with van der Waals surface area (Å²) in [5, 5.41) is 0. The Morgan fingerprint density at radius 1 is 0.667 bits per heavy atom. The Bertz CT molecular complexity index is 1540. The molecule has 0 saturated carbocycles. The third kappa shape index (κ3) is 8.25. The summed E-state index contributed by atoms with van der Waals surface area (Å²) in [7, 11) is 0.779. The van der Waals surface area contributed by atoms with Gasteiger partial charge in [0, 0.05) is 65.9 Å². The Hall–Kier alpha value is -5.75. The second-order valence-electron chi connectivity index (χ2n) is 4.68. The van der Waals surface area contributed by atoms with Crippen LogP contribution in [0.4, 0.5) is 17.6 Å². The predicted molar refractivity (Wildman–Crippen MR) is 137 cm³/mol. The first-order chi connectivity index (χ1) is 16.0. The van der Waals surface area contributed by atoms with Gasteiger partial charge in [0.05, 0.1) is 7.11 Å². The molecule has 0 aliphatic rings. The molecule has 0 aromatic heterocycles. The highest BCUT2D eigenvalue weighted by molar-refractivity contribution is 5.90. The van der Waals surface area contributed by atoms with Gasteiger partial charge in [0.2, 0.25) is 17.4 Å². The third-order valence-electron chi connectivity index (χ3n) is 2.76. The third-order valence-corrected chi connectivity index (χ3v) is 2.76. The van der Waals surface area contributed by atoms with E-state index >= 15 is 0 Å². The molecular weight excluding hydrogens is 436 g/mol. The van der Waals surface area contributed by atoms with Gasteiger partial charge in [-0.2, -0.15) is 8.78 Å². The van der Waals surface area contributed by atoms with Crippen molar-refractivity contribution in [1.29, 1.82) is 0 Å². The van der Waals surface area contributed by atoms with Crippen LogP contribution in [0.1, 0.15) is 28.9 Å². The molecule has 0 aliphatic heterocycles. The fourth-order valence-electron chi connectivity index (χ4n) is 1.53. The van der Waals surface area contributed by atoms with Gasteiger partial charge >= 0.3 is 5.97 Å². The van der Waals surface area contributed by atoms with Crippen LogP contribution >= 0.6 is 0 Å². The zero-order chi connectivity index (χ0) is 24.5. The molecule has 0 aliphatic carbocycles. The van der Waals surface area contributed by atoms with E-state index < -0.39 is 40.6 Å². The van der Waals surface area contributed by atoms with Gasteiger partial charge in [0.1, 0.15) is 11.7 Å². The molecule has 0 N–H and O–H groups in total. The fourth-order valence-corrected chi connectivity index (χ4v) is 1.53. The maximum Gasteiger partial charge on any atom is 0.344 e. The molecule has 7 heteroatoms.